The first-order valence-corrected chi connectivity index (χ1v) is 13.3. The van der Waals surface area contributed by atoms with E-state index in [1.54, 1.807) is 24.9 Å². The second kappa shape index (κ2) is 19.1. The number of nitrogens with zero attached hydrogens (tertiary/aromatic N) is 2. The van der Waals surface area contributed by atoms with Gasteiger partial charge in [-0.15, -0.1) is 0 Å². The fraction of sp³-hybridized carbons (Fsp3) is 0.379. The van der Waals surface area contributed by atoms with Crippen LogP contribution in [0.1, 0.15) is 65.1 Å². The lowest BCUT2D eigenvalue weighted by Crippen LogP contribution is -2.28. The molecule has 1 N–H and O–H groups in total. The van der Waals surface area contributed by atoms with E-state index in [0.717, 1.165) is 28.3 Å². The third-order valence-electron chi connectivity index (χ3n) is 4.97. The highest BCUT2D eigenvalue weighted by Crippen LogP contribution is 2.35. The quantitative estimate of drug-likeness (QED) is 0.379. The Hall–Kier alpha value is -3.19. The van der Waals surface area contributed by atoms with Gasteiger partial charge in [-0.25, -0.2) is 0 Å². The Morgan fingerprint density at radius 1 is 1.08 bits per heavy atom. The van der Waals surface area contributed by atoms with Crippen LogP contribution in [0, 0.1) is 5.92 Å². The molecule has 0 bridgehead atoms. The average molecular weight is 510 g/mol. The molecule has 0 aliphatic carbocycles. The Bertz CT molecular complexity index is 1000. The smallest absolute Gasteiger partial charge is 0.293 e. The van der Waals surface area contributed by atoms with Crippen LogP contribution in [0.4, 0.5) is 0 Å². The van der Waals surface area contributed by atoms with E-state index in [0.29, 0.717) is 19.6 Å². The summed E-state index contributed by atoms with van der Waals surface area (Å²) in [5.41, 5.74) is 3.01. The van der Waals surface area contributed by atoms with Gasteiger partial charge in [0.25, 0.3) is 6.47 Å². The van der Waals surface area contributed by atoms with Gasteiger partial charge < -0.3 is 10.1 Å². The number of carbonyl (C=O) groups is 2. The van der Waals surface area contributed by atoms with Gasteiger partial charge in [-0.1, -0.05) is 82.6 Å². The Morgan fingerprint density at radius 3 is 2.39 bits per heavy atom. The molecule has 1 unspecified atom stereocenters. The van der Waals surface area contributed by atoms with Gasteiger partial charge in [0.2, 0.25) is 5.91 Å². The van der Waals surface area contributed by atoms with Crippen LogP contribution in [0.3, 0.4) is 0 Å². The number of pyridine rings is 1. The highest BCUT2D eigenvalue weighted by atomic mass is 32.2. The van der Waals surface area contributed by atoms with Crippen molar-refractivity contribution in [3.8, 4) is 0 Å². The van der Waals surface area contributed by atoms with E-state index >= 15 is 0 Å². The number of hydrogen-bond donors (Lipinski definition) is 1. The summed E-state index contributed by atoms with van der Waals surface area (Å²) in [6, 6.07) is 13.9. The average Bonchev–Trinajstić information content (AvgIpc) is 3.10. The van der Waals surface area contributed by atoms with Gasteiger partial charge in [-0.3, -0.25) is 19.6 Å². The van der Waals surface area contributed by atoms with Gasteiger partial charge in [0.15, 0.2) is 0 Å². The molecule has 1 atom stereocenters. The predicted molar refractivity (Wildman–Crippen MR) is 150 cm³/mol. The molecule has 1 aromatic carbocycles. The topological polar surface area (TPSA) is 80.7 Å². The molecule has 7 heteroatoms. The second-order valence-corrected chi connectivity index (χ2v) is 8.88. The summed E-state index contributed by atoms with van der Waals surface area (Å²) >= 11 is 1.70. The minimum absolute atomic E-state index is 0.0157. The largest absolute Gasteiger partial charge is 0.468 e. The normalized spacial score (nSPS) is 12.8. The molecule has 0 saturated heterocycles. The Morgan fingerprint density at radius 2 is 1.81 bits per heavy atom. The van der Waals surface area contributed by atoms with Crippen molar-refractivity contribution < 1.29 is 14.3 Å². The van der Waals surface area contributed by atoms with Crippen LogP contribution < -0.4 is 5.32 Å². The third-order valence-corrected chi connectivity index (χ3v) is 6.16. The van der Waals surface area contributed by atoms with Gasteiger partial charge in [0, 0.05) is 27.8 Å². The highest BCUT2D eigenvalue weighted by molar-refractivity contribution is 8.03. The second-order valence-electron chi connectivity index (χ2n) is 7.80. The van der Waals surface area contributed by atoms with Crippen LogP contribution in [-0.4, -0.2) is 30.2 Å². The Balaban J connectivity index is 0.000000620. The summed E-state index contributed by atoms with van der Waals surface area (Å²) in [6.45, 7) is 11.5. The number of unbranched alkanes of at least 4 members (excludes halogenated alkanes) is 1. The van der Waals surface area contributed by atoms with Gasteiger partial charge in [0.05, 0.1) is 30.5 Å². The van der Waals surface area contributed by atoms with Crippen molar-refractivity contribution in [2.75, 3.05) is 6.61 Å². The van der Waals surface area contributed by atoms with Crippen LogP contribution in [0.5, 0.6) is 0 Å². The molecule has 6 nitrogen and oxygen atoms in total. The minimum atomic E-state index is -0.234. The summed E-state index contributed by atoms with van der Waals surface area (Å²) in [4.78, 5) is 32.7. The van der Waals surface area contributed by atoms with E-state index in [9.17, 15) is 9.59 Å². The number of hydrogen-bond acceptors (Lipinski definition) is 6. The molecule has 1 aliphatic rings. The standard InChI is InChI=1S/C22H23N3OS.C4H10.C3H6O2/c1-3-19-21(27-20-10-5-4-8-17(20)14-24-19)12-11-16(2)22(26)25-15-18-9-6-7-13-23-18;1-3-4-2;1-2-5-3-4/h4-14,16H,3,15H2,1-2H3,(H,25,26);3-4H2,1-2H3;3H,2H2,1H3/b12-11-;;. The molecule has 194 valence electrons. The Kier molecular flexibility index (Phi) is 16.3. The number of rotatable bonds is 9. The van der Waals surface area contributed by atoms with E-state index in [1.807, 2.05) is 55.6 Å². The van der Waals surface area contributed by atoms with Gasteiger partial charge >= 0.3 is 0 Å². The SMILES string of the molecule is CCC1=C(/C=C\C(C)C(=O)NCc2ccccn2)Sc2ccccc2C=N1.CCCC.CCOC=O. The molecular weight excluding hydrogens is 470 g/mol. The van der Waals surface area contributed by atoms with E-state index in [2.05, 4.69) is 52.9 Å². The summed E-state index contributed by atoms with van der Waals surface area (Å²) < 4.78 is 4.15. The maximum atomic E-state index is 12.4. The fourth-order valence-corrected chi connectivity index (χ4v) is 3.78. The van der Waals surface area contributed by atoms with E-state index in [1.165, 1.54) is 17.7 Å². The minimum Gasteiger partial charge on any atom is -0.468 e. The zero-order valence-corrected chi connectivity index (χ0v) is 22.9. The molecular formula is C29H39N3O3S. The van der Waals surface area contributed by atoms with Crippen molar-refractivity contribution in [3.63, 3.8) is 0 Å². The molecule has 1 aliphatic heterocycles. The number of benzene rings is 1. The first-order valence-electron chi connectivity index (χ1n) is 12.5. The summed E-state index contributed by atoms with van der Waals surface area (Å²) in [5, 5.41) is 2.93. The van der Waals surface area contributed by atoms with E-state index in [-0.39, 0.29) is 11.8 Å². The first-order chi connectivity index (χ1) is 17.5. The lowest BCUT2D eigenvalue weighted by Gasteiger charge is -2.09. The summed E-state index contributed by atoms with van der Waals surface area (Å²) in [7, 11) is 0. The van der Waals surface area contributed by atoms with Crippen molar-refractivity contribution in [2.24, 2.45) is 10.9 Å². The molecule has 2 aromatic rings. The molecule has 0 fully saturated rings. The van der Waals surface area contributed by atoms with Crippen molar-refractivity contribution in [2.45, 2.75) is 65.3 Å². The van der Waals surface area contributed by atoms with Crippen LogP contribution in [-0.2, 0) is 20.9 Å². The molecule has 0 spiro atoms. The number of ether oxygens (including phenoxy) is 1. The van der Waals surface area contributed by atoms with Crippen LogP contribution in [0.2, 0.25) is 0 Å². The highest BCUT2D eigenvalue weighted by Gasteiger charge is 2.13. The van der Waals surface area contributed by atoms with Crippen LogP contribution in [0.25, 0.3) is 0 Å². The third kappa shape index (κ3) is 12.0. The van der Waals surface area contributed by atoms with Gasteiger partial charge in [-0.2, -0.15) is 0 Å². The lowest BCUT2D eigenvalue weighted by molar-refractivity contribution is -0.128. The van der Waals surface area contributed by atoms with Crippen molar-refractivity contribution in [1.82, 2.24) is 10.3 Å². The number of carbonyl (C=O) groups excluding carboxylic acids is 2. The molecule has 1 aromatic heterocycles. The van der Waals surface area contributed by atoms with Gasteiger partial charge in [-0.05, 0) is 37.6 Å². The van der Waals surface area contributed by atoms with Crippen molar-refractivity contribution in [3.05, 3.63) is 82.7 Å². The molecule has 36 heavy (non-hydrogen) atoms. The molecule has 0 saturated carbocycles. The number of aromatic nitrogens is 1. The van der Waals surface area contributed by atoms with E-state index < -0.39 is 0 Å². The maximum Gasteiger partial charge on any atom is 0.293 e. The number of fused-ring (bicyclic) bond motifs is 1. The zero-order valence-electron chi connectivity index (χ0n) is 22.1. The summed E-state index contributed by atoms with van der Waals surface area (Å²) in [5.74, 6) is -0.250. The monoisotopic (exact) mass is 509 g/mol. The predicted octanol–water partition coefficient (Wildman–Crippen LogP) is 6.72. The number of amides is 1. The van der Waals surface area contributed by atoms with Crippen molar-refractivity contribution in [1.29, 1.82) is 0 Å². The lowest BCUT2D eigenvalue weighted by atomic mass is 10.1. The van der Waals surface area contributed by atoms with Crippen molar-refractivity contribution >= 4 is 30.4 Å². The van der Waals surface area contributed by atoms with Crippen LogP contribution >= 0.6 is 11.8 Å². The van der Waals surface area contributed by atoms with Gasteiger partial charge in [0.1, 0.15) is 0 Å². The van der Waals surface area contributed by atoms with Crippen LogP contribution in [0.15, 0.2) is 81.3 Å². The molecule has 3 rings (SSSR count). The Labute approximate surface area is 220 Å². The molecule has 2 heterocycles. The number of aliphatic imine (C=N–C) groups is 1. The molecule has 0 radical (unpaired) electrons. The number of nitrogens with one attached hydrogen (secondary N) is 1. The summed E-state index contributed by atoms with van der Waals surface area (Å²) in [6.07, 6.45) is 11.1. The zero-order chi connectivity index (χ0) is 26.6. The number of thioether (sulfide) groups is 1. The number of allylic oxidation sites excluding steroid dienone is 2. The molecule has 1 amide bonds. The first kappa shape index (κ1) is 30.8. The fourth-order valence-electron chi connectivity index (χ4n) is 2.69. The maximum absolute atomic E-state index is 12.4. The van der Waals surface area contributed by atoms with E-state index in [4.69, 9.17) is 0 Å².